The van der Waals surface area contributed by atoms with E-state index in [1.807, 2.05) is 6.92 Å². The van der Waals surface area contributed by atoms with Gasteiger partial charge in [0.2, 0.25) is 5.79 Å². The van der Waals surface area contributed by atoms with E-state index < -0.39 is 5.79 Å². The van der Waals surface area contributed by atoms with E-state index in [1.54, 1.807) is 0 Å². The van der Waals surface area contributed by atoms with Crippen molar-refractivity contribution in [1.29, 1.82) is 0 Å². The summed E-state index contributed by atoms with van der Waals surface area (Å²) in [6.07, 6.45) is 5.33. The van der Waals surface area contributed by atoms with Gasteiger partial charge in [0.25, 0.3) is 0 Å². The number of ether oxygens (including phenoxy) is 2. The average molecular weight is 306 g/mol. The normalized spacial score (nSPS) is 43.5. The van der Waals surface area contributed by atoms with E-state index in [4.69, 9.17) is 9.47 Å². The maximum absolute atomic E-state index is 12.2. The zero-order valence-electron chi connectivity index (χ0n) is 14.5. The molecule has 0 aromatic rings. The Labute approximate surface area is 134 Å². The highest BCUT2D eigenvalue weighted by molar-refractivity contribution is 5.69. The van der Waals surface area contributed by atoms with Gasteiger partial charge in [-0.05, 0) is 37.5 Å². The summed E-state index contributed by atoms with van der Waals surface area (Å²) in [5.41, 5.74) is 1.10. The second-order valence-electron chi connectivity index (χ2n) is 8.01. The lowest BCUT2D eigenvalue weighted by Gasteiger charge is -2.45. The van der Waals surface area contributed by atoms with E-state index in [9.17, 15) is 4.79 Å². The Hall–Kier alpha value is -0.830. The quantitative estimate of drug-likeness (QED) is 0.568. The Morgan fingerprint density at radius 3 is 2.82 bits per heavy atom. The van der Waals surface area contributed by atoms with Gasteiger partial charge >= 0.3 is 5.97 Å². The van der Waals surface area contributed by atoms with Crippen LogP contribution in [0.25, 0.3) is 0 Å². The first-order valence-corrected chi connectivity index (χ1v) is 8.94. The maximum Gasteiger partial charge on any atom is 0.308 e. The molecule has 1 saturated carbocycles. The Bertz CT molecular complexity index is 483. The molecule has 0 radical (unpaired) electrons. The largest absolute Gasteiger partial charge is 0.432 e. The van der Waals surface area contributed by atoms with Crippen LogP contribution in [0.4, 0.5) is 0 Å². The molecular weight excluding hydrogens is 276 g/mol. The molecule has 2 saturated heterocycles. The van der Waals surface area contributed by atoms with Gasteiger partial charge in [-0.3, -0.25) is 4.79 Å². The number of fused-ring (bicyclic) bond motifs is 1. The topological polar surface area (TPSA) is 35.5 Å². The van der Waals surface area contributed by atoms with Gasteiger partial charge in [0, 0.05) is 24.7 Å². The molecule has 0 amide bonds. The van der Waals surface area contributed by atoms with Crippen LogP contribution in [-0.2, 0) is 14.3 Å². The number of carbonyl (C=O) groups excluding carboxylic acids is 1. The van der Waals surface area contributed by atoms with Gasteiger partial charge in [0.1, 0.15) is 0 Å². The zero-order chi connectivity index (χ0) is 16.1. The minimum absolute atomic E-state index is 0.123. The van der Waals surface area contributed by atoms with Crippen molar-refractivity contribution in [3.63, 3.8) is 0 Å². The minimum atomic E-state index is -0.757. The Morgan fingerprint density at radius 1 is 1.45 bits per heavy atom. The predicted octanol–water partition coefficient (Wildman–Crippen LogP) is 4.46. The summed E-state index contributed by atoms with van der Waals surface area (Å²) in [5, 5.41) is 0. The molecule has 124 valence electrons. The van der Waals surface area contributed by atoms with Gasteiger partial charge in [0.05, 0.1) is 5.60 Å². The molecule has 0 N–H and O–H groups in total. The number of hydrogen-bond donors (Lipinski definition) is 0. The van der Waals surface area contributed by atoms with Crippen molar-refractivity contribution in [3.8, 4) is 0 Å². The lowest BCUT2D eigenvalue weighted by Crippen LogP contribution is -2.51. The molecular formula is C19H30O3. The molecule has 3 aliphatic rings. The van der Waals surface area contributed by atoms with E-state index in [1.165, 1.54) is 18.4 Å². The lowest BCUT2D eigenvalue weighted by atomic mass is 9.77. The third-order valence-corrected chi connectivity index (χ3v) is 6.29. The van der Waals surface area contributed by atoms with E-state index in [-0.39, 0.29) is 17.5 Å². The second-order valence-corrected chi connectivity index (χ2v) is 8.01. The van der Waals surface area contributed by atoms with Gasteiger partial charge in [-0.1, -0.05) is 39.8 Å². The van der Waals surface area contributed by atoms with Crippen LogP contribution < -0.4 is 0 Å². The summed E-state index contributed by atoms with van der Waals surface area (Å²) < 4.78 is 12.7. The molecule has 3 rings (SSSR count). The molecule has 0 aromatic heterocycles. The molecule has 1 spiro atoms. The molecule has 2 heterocycles. The SMILES string of the molecule is C=C1CC2(OC(=O)CCC)OC3(CC2C(C)C)C(C)CCC13. The van der Waals surface area contributed by atoms with Crippen LogP contribution in [0.5, 0.6) is 0 Å². The van der Waals surface area contributed by atoms with Crippen molar-refractivity contribution in [2.45, 2.75) is 77.6 Å². The molecule has 2 bridgehead atoms. The van der Waals surface area contributed by atoms with E-state index in [0.29, 0.717) is 30.6 Å². The van der Waals surface area contributed by atoms with Crippen molar-refractivity contribution in [2.75, 3.05) is 0 Å². The fraction of sp³-hybridized carbons (Fsp3) is 0.842. The van der Waals surface area contributed by atoms with Gasteiger partial charge in [-0.15, -0.1) is 0 Å². The molecule has 1 aliphatic carbocycles. The molecule has 2 aliphatic heterocycles. The van der Waals surface area contributed by atoms with Crippen LogP contribution in [-0.4, -0.2) is 17.4 Å². The van der Waals surface area contributed by atoms with Gasteiger partial charge in [-0.25, -0.2) is 0 Å². The summed E-state index contributed by atoms with van der Waals surface area (Å²) in [7, 11) is 0. The van der Waals surface area contributed by atoms with E-state index in [2.05, 4.69) is 27.4 Å². The molecule has 5 unspecified atom stereocenters. The molecule has 22 heavy (non-hydrogen) atoms. The smallest absolute Gasteiger partial charge is 0.308 e. The fourth-order valence-corrected chi connectivity index (χ4v) is 5.18. The number of esters is 1. The van der Waals surface area contributed by atoms with E-state index >= 15 is 0 Å². The van der Waals surface area contributed by atoms with Crippen LogP contribution in [0.3, 0.4) is 0 Å². The van der Waals surface area contributed by atoms with Crippen LogP contribution >= 0.6 is 0 Å². The predicted molar refractivity (Wildman–Crippen MR) is 86.1 cm³/mol. The molecule has 5 atom stereocenters. The second kappa shape index (κ2) is 5.36. The summed E-state index contributed by atoms with van der Waals surface area (Å²) >= 11 is 0. The van der Waals surface area contributed by atoms with Crippen LogP contribution in [0.15, 0.2) is 12.2 Å². The summed E-state index contributed by atoms with van der Waals surface area (Å²) in [5.74, 6) is 0.796. The van der Waals surface area contributed by atoms with Gasteiger partial charge in [-0.2, -0.15) is 0 Å². The first-order valence-electron chi connectivity index (χ1n) is 8.94. The summed E-state index contributed by atoms with van der Waals surface area (Å²) in [6, 6.07) is 0. The first kappa shape index (κ1) is 16.0. The molecule has 3 nitrogen and oxygen atoms in total. The van der Waals surface area contributed by atoms with Crippen LogP contribution in [0, 0.1) is 23.7 Å². The van der Waals surface area contributed by atoms with Crippen molar-refractivity contribution in [3.05, 3.63) is 12.2 Å². The van der Waals surface area contributed by atoms with Crippen molar-refractivity contribution < 1.29 is 14.3 Å². The maximum atomic E-state index is 12.2. The Kier molecular flexibility index (Phi) is 3.91. The number of hydrogen-bond acceptors (Lipinski definition) is 3. The van der Waals surface area contributed by atoms with Crippen molar-refractivity contribution in [2.24, 2.45) is 23.7 Å². The zero-order valence-corrected chi connectivity index (χ0v) is 14.5. The molecule has 3 heteroatoms. The highest BCUT2D eigenvalue weighted by Gasteiger charge is 2.68. The number of rotatable bonds is 4. The van der Waals surface area contributed by atoms with Crippen LogP contribution in [0.2, 0.25) is 0 Å². The Balaban J connectivity index is 1.96. The molecule has 3 fully saturated rings. The third kappa shape index (κ3) is 2.16. The highest BCUT2D eigenvalue weighted by atomic mass is 16.7. The first-order chi connectivity index (χ1) is 10.3. The van der Waals surface area contributed by atoms with Crippen molar-refractivity contribution >= 4 is 5.97 Å². The van der Waals surface area contributed by atoms with Gasteiger partial charge in [0.15, 0.2) is 0 Å². The summed E-state index contributed by atoms with van der Waals surface area (Å²) in [4.78, 5) is 12.2. The Morgan fingerprint density at radius 2 is 2.18 bits per heavy atom. The average Bonchev–Trinajstić information content (AvgIpc) is 2.88. The molecule has 0 aromatic carbocycles. The minimum Gasteiger partial charge on any atom is -0.432 e. The third-order valence-electron chi connectivity index (χ3n) is 6.29. The van der Waals surface area contributed by atoms with Crippen molar-refractivity contribution in [1.82, 2.24) is 0 Å². The van der Waals surface area contributed by atoms with Crippen LogP contribution in [0.1, 0.15) is 66.2 Å². The highest BCUT2D eigenvalue weighted by Crippen LogP contribution is 2.64. The summed E-state index contributed by atoms with van der Waals surface area (Å²) in [6.45, 7) is 13.1. The monoisotopic (exact) mass is 306 g/mol. The van der Waals surface area contributed by atoms with Gasteiger partial charge < -0.3 is 9.47 Å². The standard InChI is InChI=1S/C19H30O3/c1-6-7-17(20)21-19-10-13(4)15-9-8-14(5)18(15,22-19)11-16(19)12(2)3/h12,14-16H,4,6-11H2,1-3,5H3. The fourth-order valence-electron chi connectivity index (χ4n) is 5.18. The number of carbonyl (C=O) groups is 1. The lowest BCUT2D eigenvalue weighted by molar-refractivity contribution is -0.280. The van der Waals surface area contributed by atoms with E-state index in [0.717, 1.165) is 12.8 Å².